The molecular weight excluding hydrogens is 317 g/mol. The molecule has 2 N–H and O–H groups in total. The average Bonchev–Trinajstić information content (AvgIpc) is 3.01. The summed E-state index contributed by atoms with van der Waals surface area (Å²) in [7, 11) is 0. The van der Waals surface area contributed by atoms with Crippen molar-refractivity contribution in [2.75, 3.05) is 23.3 Å². The zero-order valence-corrected chi connectivity index (χ0v) is 14.7. The van der Waals surface area contributed by atoms with Crippen LogP contribution in [0.4, 0.5) is 15.8 Å². The predicted octanol–water partition coefficient (Wildman–Crippen LogP) is 4.71. The summed E-state index contributed by atoms with van der Waals surface area (Å²) in [6, 6.07) is 10.4. The number of carbonyl (C=O) groups excluding carboxylic acids is 1. The number of aryl methyl sites for hydroxylation is 1. The number of aromatic amines is 1. The van der Waals surface area contributed by atoms with Crippen molar-refractivity contribution in [1.29, 1.82) is 0 Å². The fraction of sp³-hybridized carbons (Fsp3) is 0.250. The number of fused-ring (bicyclic) bond motifs is 1. The molecule has 1 heterocycles. The van der Waals surface area contributed by atoms with Gasteiger partial charge in [-0.15, -0.1) is 0 Å². The summed E-state index contributed by atoms with van der Waals surface area (Å²) in [6.45, 7) is 8.09. The molecule has 130 valence electrons. The minimum Gasteiger partial charge on any atom is -0.372 e. The van der Waals surface area contributed by atoms with E-state index in [1.165, 1.54) is 12.1 Å². The van der Waals surface area contributed by atoms with Crippen LogP contribution < -0.4 is 10.2 Å². The molecule has 25 heavy (non-hydrogen) atoms. The minimum absolute atomic E-state index is 0.212. The summed E-state index contributed by atoms with van der Waals surface area (Å²) in [5.41, 5.74) is 4.03. The number of amides is 1. The van der Waals surface area contributed by atoms with E-state index in [9.17, 15) is 9.18 Å². The lowest BCUT2D eigenvalue weighted by molar-refractivity contribution is 0.102. The Bertz CT molecular complexity index is 912. The molecule has 0 aliphatic carbocycles. The Morgan fingerprint density at radius 1 is 1.16 bits per heavy atom. The first-order chi connectivity index (χ1) is 12.0. The monoisotopic (exact) mass is 339 g/mol. The molecule has 0 unspecified atom stereocenters. The first-order valence-corrected chi connectivity index (χ1v) is 8.47. The van der Waals surface area contributed by atoms with Gasteiger partial charge in [0.2, 0.25) is 0 Å². The molecule has 0 aliphatic heterocycles. The molecule has 5 heteroatoms. The fourth-order valence-electron chi connectivity index (χ4n) is 3.05. The molecule has 2 aromatic carbocycles. The maximum Gasteiger partial charge on any atom is 0.257 e. The second-order valence-electron chi connectivity index (χ2n) is 6.02. The van der Waals surface area contributed by atoms with Crippen molar-refractivity contribution in [2.24, 2.45) is 0 Å². The molecule has 1 amide bonds. The Morgan fingerprint density at radius 3 is 2.60 bits per heavy atom. The topological polar surface area (TPSA) is 48.1 Å². The minimum atomic E-state index is -0.329. The lowest BCUT2D eigenvalue weighted by Gasteiger charge is -2.22. The van der Waals surface area contributed by atoms with Gasteiger partial charge in [-0.05, 0) is 62.7 Å². The number of hydrogen-bond donors (Lipinski definition) is 2. The molecule has 1 aromatic heterocycles. The number of halogens is 1. The van der Waals surface area contributed by atoms with Crippen LogP contribution in [0, 0.1) is 12.7 Å². The Hall–Kier alpha value is -2.82. The van der Waals surface area contributed by atoms with Crippen LogP contribution in [0.25, 0.3) is 10.9 Å². The normalized spacial score (nSPS) is 10.9. The van der Waals surface area contributed by atoms with Crippen LogP contribution in [0.5, 0.6) is 0 Å². The van der Waals surface area contributed by atoms with Crippen LogP contribution in [0.15, 0.2) is 42.6 Å². The van der Waals surface area contributed by atoms with Gasteiger partial charge in [0.15, 0.2) is 0 Å². The van der Waals surface area contributed by atoms with E-state index in [1.807, 2.05) is 19.1 Å². The van der Waals surface area contributed by atoms with Gasteiger partial charge < -0.3 is 15.2 Å². The Kier molecular flexibility index (Phi) is 4.74. The molecule has 0 spiro atoms. The highest BCUT2D eigenvalue weighted by molar-refractivity contribution is 6.13. The smallest absolute Gasteiger partial charge is 0.257 e. The zero-order chi connectivity index (χ0) is 18.0. The van der Waals surface area contributed by atoms with E-state index in [0.29, 0.717) is 16.5 Å². The second kappa shape index (κ2) is 6.97. The number of hydrogen-bond acceptors (Lipinski definition) is 2. The molecule has 0 bridgehead atoms. The van der Waals surface area contributed by atoms with E-state index in [2.05, 4.69) is 35.1 Å². The van der Waals surface area contributed by atoms with Gasteiger partial charge >= 0.3 is 0 Å². The van der Waals surface area contributed by atoms with Gasteiger partial charge in [-0.1, -0.05) is 0 Å². The number of anilines is 2. The summed E-state index contributed by atoms with van der Waals surface area (Å²) >= 11 is 0. The van der Waals surface area contributed by atoms with E-state index in [1.54, 1.807) is 12.3 Å². The molecule has 0 radical (unpaired) electrons. The van der Waals surface area contributed by atoms with Crippen molar-refractivity contribution in [3.63, 3.8) is 0 Å². The van der Waals surface area contributed by atoms with Crippen molar-refractivity contribution in [2.45, 2.75) is 20.8 Å². The highest BCUT2D eigenvalue weighted by Crippen LogP contribution is 2.25. The Morgan fingerprint density at radius 2 is 1.92 bits per heavy atom. The number of benzene rings is 2. The lowest BCUT2D eigenvalue weighted by atomic mass is 10.1. The summed E-state index contributed by atoms with van der Waals surface area (Å²) < 4.78 is 13.3. The first-order valence-electron chi connectivity index (χ1n) is 8.47. The molecule has 3 rings (SSSR count). The number of carbonyl (C=O) groups is 1. The largest absolute Gasteiger partial charge is 0.372 e. The summed E-state index contributed by atoms with van der Waals surface area (Å²) in [5, 5.41) is 3.66. The van der Waals surface area contributed by atoms with E-state index in [4.69, 9.17) is 0 Å². The molecule has 0 saturated heterocycles. The number of aromatic nitrogens is 1. The van der Waals surface area contributed by atoms with Gasteiger partial charge in [-0.25, -0.2) is 4.39 Å². The molecular formula is C20H22FN3O. The first kappa shape index (κ1) is 17.0. The van der Waals surface area contributed by atoms with Gasteiger partial charge in [-0.3, -0.25) is 4.79 Å². The standard InChI is InChI=1S/C20H22FN3O/c1-4-24(5-2)15-7-9-18(13(3)10-15)23-20(25)17-12-22-19-11-14(21)6-8-16(17)19/h6-12,22H,4-5H2,1-3H3,(H,23,25). The van der Waals surface area contributed by atoms with Gasteiger partial charge in [0.05, 0.1) is 5.56 Å². The molecule has 4 nitrogen and oxygen atoms in total. The average molecular weight is 339 g/mol. The van der Waals surface area contributed by atoms with Gasteiger partial charge in [0, 0.05) is 41.6 Å². The van der Waals surface area contributed by atoms with E-state index >= 15 is 0 Å². The summed E-state index contributed by atoms with van der Waals surface area (Å²) in [5.74, 6) is -0.541. The van der Waals surface area contributed by atoms with Crippen LogP contribution >= 0.6 is 0 Å². The van der Waals surface area contributed by atoms with Gasteiger partial charge in [0.1, 0.15) is 5.82 Å². The van der Waals surface area contributed by atoms with E-state index in [-0.39, 0.29) is 11.7 Å². The maximum absolute atomic E-state index is 13.3. The second-order valence-corrected chi connectivity index (χ2v) is 6.02. The predicted molar refractivity (Wildman–Crippen MR) is 101 cm³/mol. The van der Waals surface area contributed by atoms with Crippen LogP contribution in [-0.2, 0) is 0 Å². The highest BCUT2D eigenvalue weighted by Gasteiger charge is 2.14. The number of nitrogens with one attached hydrogen (secondary N) is 2. The third-order valence-corrected chi connectivity index (χ3v) is 4.48. The number of rotatable bonds is 5. The van der Waals surface area contributed by atoms with E-state index in [0.717, 1.165) is 30.0 Å². The lowest BCUT2D eigenvalue weighted by Crippen LogP contribution is -2.22. The highest BCUT2D eigenvalue weighted by atomic mass is 19.1. The fourth-order valence-corrected chi connectivity index (χ4v) is 3.05. The number of H-pyrrole nitrogens is 1. The van der Waals surface area contributed by atoms with Crippen molar-refractivity contribution in [3.05, 3.63) is 59.5 Å². The van der Waals surface area contributed by atoms with Crippen molar-refractivity contribution < 1.29 is 9.18 Å². The summed E-state index contributed by atoms with van der Waals surface area (Å²) in [4.78, 5) is 17.8. The van der Waals surface area contributed by atoms with E-state index < -0.39 is 0 Å². The van der Waals surface area contributed by atoms with Crippen LogP contribution in [0.3, 0.4) is 0 Å². The van der Waals surface area contributed by atoms with Crippen molar-refractivity contribution in [1.82, 2.24) is 4.98 Å². The van der Waals surface area contributed by atoms with Gasteiger partial charge in [0.25, 0.3) is 5.91 Å². The zero-order valence-electron chi connectivity index (χ0n) is 14.7. The quantitative estimate of drug-likeness (QED) is 0.707. The third-order valence-electron chi connectivity index (χ3n) is 4.48. The maximum atomic E-state index is 13.3. The SMILES string of the molecule is CCN(CC)c1ccc(NC(=O)c2c[nH]c3cc(F)ccc23)c(C)c1. The molecule has 3 aromatic rings. The van der Waals surface area contributed by atoms with Crippen LogP contribution in [-0.4, -0.2) is 24.0 Å². The third kappa shape index (κ3) is 3.36. The Labute approximate surface area is 146 Å². The summed E-state index contributed by atoms with van der Waals surface area (Å²) in [6.07, 6.45) is 1.61. The Balaban J connectivity index is 1.85. The number of nitrogens with zero attached hydrogens (tertiary/aromatic N) is 1. The van der Waals surface area contributed by atoms with Crippen molar-refractivity contribution >= 4 is 28.2 Å². The van der Waals surface area contributed by atoms with Crippen LogP contribution in [0.2, 0.25) is 0 Å². The van der Waals surface area contributed by atoms with Crippen LogP contribution in [0.1, 0.15) is 29.8 Å². The molecule has 0 aliphatic rings. The molecule has 0 saturated carbocycles. The molecule has 0 atom stereocenters. The molecule has 0 fully saturated rings. The van der Waals surface area contributed by atoms with Gasteiger partial charge in [-0.2, -0.15) is 0 Å². The van der Waals surface area contributed by atoms with Crippen molar-refractivity contribution in [3.8, 4) is 0 Å².